The number of nitrogens with one attached hydrogen (secondary N) is 2. The van der Waals surface area contributed by atoms with Crippen LogP contribution in [0.3, 0.4) is 0 Å². The fraction of sp³-hybridized carbons (Fsp3) is 0.280. The molecule has 2 aromatic heterocycles. The highest BCUT2D eigenvalue weighted by Gasteiger charge is 2.25. The summed E-state index contributed by atoms with van der Waals surface area (Å²) in [5.41, 5.74) is 8.38. The molecule has 0 atom stereocenters. The Morgan fingerprint density at radius 2 is 1.80 bits per heavy atom. The number of rotatable bonds is 6. The van der Waals surface area contributed by atoms with Crippen molar-refractivity contribution < 1.29 is 4.40 Å². The van der Waals surface area contributed by atoms with Gasteiger partial charge in [-0.15, -0.1) is 0 Å². The van der Waals surface area contributed by atoms with Crippen LogP contribution in [0.15, 0.2) is 48.5 Å². The number of hydrogen-bond donors (Lipinski definition) is 2. The van der Waals surface area contributed by atoms with Crippen molar-refractivity contribution >= 4 is 22.5 Å². The van der Waals surface area contributed by atoms with Gasteiger partial charge >= 0.3 is 0 Å². The van der Waals surface area contributed by atoms with Crippen molar-refractivity contribution in [2.24, 2.45) is 0 Å². The molecule has 2 N–H and O–H groups in total. The average molecular weight is 399 g/mol. The second-order valence-corrected chi connectivity index (χ2v) is 8.10. The van der Waals surface area contributed by atoms with Crippen LogP contribution >= 0.6 is 0 Å². The Morgan fingerprint density at radius 3 is 2.53 bits per heavy atom. The van der Waals surface area contributed by atoms with E-state index in [1.165, 1.54) is 16.7 Å². The zero-order valence-electron chi connectivity index (χ0n) is 18.1. The Bertz CT molecular complexity index is 1260. The first-order valence-corrected chi connectivity index (χ1v) is 10.3. The maximum Gasteiger partial charge on any atom is 0.250 e. The number of aromatic nitrogens is 2. The first-order chi connectivity index (χ1) is 14.5. The van der Waals surface area contributed by atoms with Crippen molar-refractivity contribution in [2.45, 2.75) is 20.3 Å². The van der Waals surface area contributed by atoms with E-state index in [1.807, 2.05) is 12.1 Å². The minimum absolute atomic E-state index is 0.702. The van der Waals surface area contributed by atoms with Gasteiger partial charge in [-0.2, -0.15) is 9.66 Å². The van der Waals surface area contributed by atoms with Gasteiger partial charge in [0.1, 0.15) is 22.7 Å². The molecule has 0 fully saturated rings. The monoisotopic (exact) mass is 398 g/mol. The quantitative estimate of drug-likeness (QED) is 0.483. The van der Waals surface area contributed by atoms with E-state index in [2.05, 4.69) is 90.0 Å². The number of aryl methyl sites for hydroxylation is 1. The molecule has 0 aliphatic carbocycles. The first-order valence-electron chi connectivity index (χ1n) is 10.3. The van der Waals surface area contributed by atoms with Crippen LogP contribution in [0.4, 0.5) is 5.82 Å². The van der Waals surface area contributed by atoms with E-state index in [0.717, 1.165) is 47.6 Å². The normalized spacial score (nSPS) is 11.3. The Balaban J connectivity index is 2.00. The summed E-state index contributed by atoms with van der Waals surface area (Å²) >= 11 is 0. The number of nitriles is 1. The lowest BCUT2D eigenvalue weighted by Crippen LogP contribution is -2.32. The number of para-hydroxylation sites is 2. The molecule has 0 bridgehead atoms. The molecule has 5 heteroatoms. The number of likely N-dealkylation sites (N-methyl/N-ethyl adjacent to an activating group) is 1. The van der Waals surface area contributed by atoms with Gasteiger partial charge < -0.3 is 10.2 Å². The maximum atomic E-state index is 10.0. The van der Waals surface area contributed by atoms with E-state index in [9.17, 15) is 5.26 Å². The first kappa shape index (κ1) is 19.9. The summed E-state index contributed by atoms with van der Waals surface area (Å²) in [4.78, 5) is 5.64. The van der Waals surface area contributed by atoms with E-state index in [1.54, 1.807) is 0 Å². The summed E-state index contributed by atoms with van der Waals surface area (Å²) in [5, 5.41) is 13.7. The second-order valence-electron chi connectivity index (χ2n) is 8.10. The van der Waals surface area contributed by atoms with Gasteiger partial charge in [0, 0.05) is 18.5 Å². The Labute approximate surface area is 177 Å². The van der Waals surface area contributed by atoms with Crippen molar-refractivity contribution in [3.8, 4) is 6.07 Å². The molecule has 152 valence electrons. The molecule has 5 nitrogen and oxygen atoms in total. The van der Waals surface area contributed by atoms with Crippen molar-refractivity contribution in [3.05, 3.63) is 76.3 Å². The third-order valence-corrected chi connectivity index (χ3v) is 5.79. The number of hydrogen-bond acceptors (Lipinski definition) is 3. The van der Waals surface area contributed by atoms with Crippen LogP contribution < -0.4 is 9.72 Å². The van der Waals surface area contributed by atoms with Gasteiger partial charge in [0.2, 0.25) is 11.5 Å². The zero-order chi connectivity index (χ0) is 21.3. The van der Waals surface area contributed by atoms with E-state index >= 15 is 0 Å². The summed E-state index contributed by atoms with van der Waals surface area (Å²) in [7, 11) is 4.16. The van der Waals surface area contributed by atoms with Gasteiger partial charge in [-0.25, -0.2) is 0 Å². The molecule has 4 aromatic rings. The lowest BCUT2D eigenvalue weighted by Gasteiger charge is -2.16. The van der Waals surface area contributed by atoms with E-state index < -0.39 is 0 Å². The van der Waals surface area contributed by atoms with Gasteiger partial charge in [-0.1, -0.05) is 36.4 Å². The van der Waals surface area contributed by atoms with Crippen molar-refractivity contribution in [1.82, 2.24) is 9.88 Å². The maximum absolute atomic E-state index is 10.0. The van der Waals surface area contributed by atoms with Crippen molar-refractivity contribution in [2.75, 3.05) is 32.5 Å². The highest BCUT2D eigenvalue weighted by atomic mass is 15.1. The molecule has 0 amide bonds. The summed E-state index contributed by atoms with van der Waals surface area (Å²) in [6.07, 6.45) is 0.778. The third-order valence-electron chi connectivity index (χ3n) is 5.79. The van der Waals surface area contributed by atoms with Crippen LogP contribution in [-0.4, -0.2) is 37.1 Å². The predicted octanol–water partition coefficient (Wildman–Crippen LogP) is 3.96. The molecule has 2 heterocycles. The summed E-state index contributed by atoms with van der Waals surface area (Å²) in [6.45, 7) is 5.95. The van der Waals surface area contributed by atoms with Crippen molar-refractivity contribution in [3.63, 3.8) is 0 Å². The average Bonchev–Trinajstić information content (AvgIpc) is 3.10. The number of anilines is 1. The number of aromatic amines is 1. The standard InChI is InChI=1S/C25H27N5/c1-17-9-5-6-10-19(17)15-20-18(2)21(16-26)25-28-22-11-7-8-12-23(22)30(25)24(20)27-13-14-29(3)4/h5-12H,13-15H2,1-4H3,(H,27,28)/p+1. The van der Waals surface area contributed by atoms with Gasteiger partial charge in [-0.3, -0.25) is 4.98 Å². The highest BCUT2D eigenvalue weighted by Crippen LogP contribution is 2.28. The number of H-pyrrole nitrogens is 1. The zero-order valence-corrected chi connectivity index (χ0v) is 18.1. The van der Waals surface area contributed by atoms with E-state index in [4.69, 9.17) is 0 Å². The number of fused-ring (bicyclic) bond motifs is 3. The van der Waals surface area contributed by atoms with E-state index in [0.29, 0.717) is 5.56 Å². The van der Waals surface area contributed by atoms with Crippen molar-refractivity contribution in [1.29, 1.82) is 5.26 Å². The minimum Gasteiger partial charge on any atom is -0.306 e. The Hall–Kier alpha value is -3.36. The number of benzene rings is 2. The van der Waals surface area contributed by atoms with Gasteiger partial charge in [-0.05, 0) is 56.8 Å². The Kier molecular flexibility index (Phi) is 5.43. The minimum atomic E-state index is 0.702. The molecule has 0 saturated carbocycles. The van der Waals surface area contributed by atoms with Crippen LogP contribution in [0.5, 0.6) is 0 Å². The molecule has 0 unspecified atom stereocenters. The molecule has 2 aromatic carbocycles. The molecule has 0 radical (unpaired) electrons. The summed E-state index contributed by atoms with van der Waals surface area (Å²) in [5.74, 6) is 1.06. The van der Waals surface area contributed by atoms with Crippen LogP contribution in [-0.2, 0) is 6.42 Å². The number of imidazole rings is 1. The molecule has 0 aliphatic rings. The number of pyridine rings is 1. The molecule has 0 spiro atoms. The second kappa shape index (κ2) is 8.17. The van der Waals surface area contributed by atoms with Gasteiger partial charge in [0.15, 0.2) is 0 Å². The largest absolute Gasteiger partial charge is 0.306 e. The lowest BCUT2D eigenvalue weighted by molar-refractivity contribution is -0.465. The molecular weight excluding hydrogens is 370 g/mol. The van der Waals surface area contributed by atoms with Crippen LogP contribution in [0.2, 0.25) is 0 Å². The fourth-order valence-electron chi connectivity index (χ4n) is 4.06. The Morgan fingerprint density at radius 1 is 1.07 bits per heavy atom. The third kappa shape index (κ3) is 3.51. The topological polar surface area (TPSA) is 59.0 Å². The van der Waals surface area contributed by atoms with Gasteiger partial charge in [0.05, 0.1) is 6.54 Å². The van der Waals surface area contributed by atoms with Crippen LogP contribution in [0.25, 0.3) is 16.7 Å². The highest BCUT2D eigenvalue weighted by molar-refractivity contribution is 5.78. The van der Waals surface area contributed by atoms with Gasteiger partial charge in [0.25, 0.3) is 0 Å². The lowest BCUT2D eigenvalue weighted by atomic mass is 9.95. The van der Waals surface area contributed by atoms with E-state index in [-0.39, 0.29) is 0 Å². The molecule has 30 heavy (non-hydrogen) atoms. The predicted molar refractivity (Wildman–Crippen MR) is 122 cm³/mol. The smallest absolute Gasteiger partial charge is 0.250 e. The SMILES string of the molecule is Cc1ccccc1Cc1c(C)c(C#N)c2[nH]c3ccccc3[n+]2c1NCCN(C)C. The number of nitrogens with zero attached hydrogens (tertiary/aromatic N) is 3. The molecule has 4 rings (SSSR count). The summed E-state index contributed by atoms with van der Waals surface area (Å²) < 4.78 is 2.18. The molecule has 0 saturated heterocycles. The molecular formula is C25H28N5+. The van der Waals surface area contributed by atoms with Crippen LogP contribution in [0, 0.1) is 25.2 Å². The summed E-state index contributed by atoms with van der Waals surface area (Å²) in [6, 6.07) is 19.1. The fourth-order valence-corrected chi connectivity index (χ4v) is 4.06. The molecule has 0 aliphatic heterocycles. The van der Waals surface area contributed by atoms with Crippen LogP contribution in [0.1, 0.15) is 27.8 Å².